The molecule has 0 bridgehead atoms. The summed E-state index contributed by atoms with van der Waals surface area (Å²) in [6, 6.07) is 19.4. The molecule has 0 saturated heterocycles. The van der Waals surface area contributed by atoms with E-state index in [0.717, 1.165) is 47.5 Å². The van der Waals surface area contributed by atoms with Crippen LogP contribution < -0.4 is 14.4 Å². The summed E-state index contributed by atoms with van der Waals surface area (Å²) in [6.07, 6.45) is 5.44. The van der Waals surface area contributed by atoms with Crippen molar-refractivity contribution in [2.75, 3.05) is 18.0 Å². The number of methoxy groups -OCH3 is 1. The summed E-state index contributed by atoms with van der Waals surface area (Å²) >= 11 is 6.11. The molecule has 1 fully saturated rings. The number of aryl methyl sites for hydroxylation is 1. The largest absolute Gasteiger partial charge is 0.497 e. The van der Waals surface area contributed by atoms with Gasteiger partial charge in [0.05, 0.1) is 17.7 Å². The van der Waals surface area contributed by atoms with E-state index >= 15 is 0 Å². The second-order valence-corrected chi connectivity index (χ2v) is 13.2. The second kappa shape index (κ2) is 14.8. The Hall–Kier alpha value is -3.56. The minimum Gasteiger partial charge on any atom is -0.497 e. The van der Waals surface area contributed by atoms with Crippen LogP contribution in [0.4, 0.5) is 5.69 Å². The molecule has 1 atom stereocenters. The second-order valence-electron chi connectivity index (χ2n) is 10.9. The number of carbonyl (C=O) groups is 2. The van der Waals surface area contributed by atoms with Crippen LogP contribution in [0.5, 0.6) is 5.75 Å². The molecule has 8 nitrogen and oxygen atoms in total. The van der Waals surface area contributed by atoms with Crippen LogP contribution in [0.2, 0.25) is 5.02 Å². The molecular formula is C33H40ClN3O5S. The molecule has 1 saturated carbocycles. The van der Waals surface area contributed by atoms with E-state index in [0.29, 0.717) is 22.9 Å². The van der Waals surface area contributed by atoms with E-state index in [1.807, 2.05) is 32.0 Å². The first kappa shape index (κ1) is 32.4. The van der Waals surface area contributed by atoms with E-state index in [1.54, 1.807) is 49.6 Å². The summed E-state index contributed by atoms with van der Waals surface area (Å²) in [5.74, 6) is -0.112. The molecule has 3 aromatic carbocycles. The molecule has 3 aromatic rings. The fourth-order valence-electron chi connectivity index (χ4n) is 5.40. The third kappa shape index (κ3) is 8.30. The van der Waals surface area contributed by atoms with Crippen molar-refractivity contribution in [3.05, 3.63) is 88.9 Å². The van der Waals surface area contributed by atoms with Crippen molar-refractivity contribution in [3.63, 3.8) is 0 Å². The standard InChI is InChI=1S/C33H40ClN3O5S/c1-4-31(33(39)35-27-10-6-5-7-11-27)36(22-25-9-8-12-29(21-25)42-3)32(38)23-37(28-17-15-26(34)16-18-28)43(40,41)30-19-13-24(2)14-20-30/h8-9,12-21,27,31H,4-7,10-11,22-23H2,1-3H3,(H,35,39). The summed E-state index contributed by atoms with van der Waals surface area (Å²) in [5.41, 5.74) is 1.96. The Morgan fingerprint density at radius 3 is 2.30 bits per heavy atom. The van der Waals surface area contributed by atoms with Gasteiger partial charge in [0.25, 0.3) is 10.0 Å². The van der Waals surface area contributed by atoms with Crippen molar-refractivity contribution in [1.82, 2.24) is 10.2 Å². The van der Waals surface area contributed by atoms with E-state index in [4.69, 9.17) is 16.3 Å². The van der Waals surface area contributed by atoms with Crippen LogP contribution in [0, 0.1) is 6.92 Å². The van der Waals surface area contributed by atoms with Crippen molar-refractivity contribution < 1.29 is 22.7 Å². The van der Waals surface area contributed by atoms with Gasteiger partial charge in [0.1, 0.15) is 18.3 Å². The van der Waals surface area contributed by atoms with E-state index in [9.17, 15) is 18.0 Å². The zero-order valence-electron chi connectivity index (χ0n) is 25.0. The van der Waals surface area contributed by atoms with Crippen LogP contribution in [0.15, 0.2) is 77.7 Å². The van der Waals surface area contributed by atoms with Gasteiger partial charge in [-0.05, 0) is 80.3 Å². The van der Waals surface area contributed by atoms with Crippen LogP contribution in [0.3, 0.4) is 0 Å². The molecule has 0 aromatic heterocycles. The lowest BCUT2D eigenvalue weighted by molar-refractivity contribution is -0.140. The topological polar surface area (TPSA) is 96.0 Å². The van der Waals surface area contributed by atoms with E-state index in [2.05, 4.69) is 5.32 Å². The van der Waals surface area contributed by atoms with E-state index < -0.39 is 28.5 Å². The SMILES string of the molecule is CCC(C(=O)NC1CCCCC1)N(Cc1cccc(OC)c1)C(=O)CN(c1ccc(Cl)cc1)S(=O)(=O)c1ccc(C)cc1. The Balaban J connectivity index is 1.71. The third-order valence-electron chi connectivity index (χ3n) is 7.83. The van der Waals surface area contributed by atoms with Gasteiger partial charge < -0.3 is 15.0 Å². The highest BCUT2D eigenvalue weighted by atomic mass is 35.5. The van der Waals surface area contributed by atoms with Gasteiger partial charge in [-0.2, -0.15) is 0 Å². The van der Waals surface area contributed by atoms with Crippen LogP contribution in [0.25, 0.3) is 0 Å². The Kier molecular flexibility index (Phi) is 11.1. The van der Waals surface area contributed by atoms with Crippen LogP contribution in [0.1, 0.15) is 56.6 Å². The summed E-state index contributed by atoms with van der Waals surface area (Å²) in [5, 5.41) is 3.60. The number of halogens is 1. The van der Waals surface area contributed by atoms with Gasteiger partial charge in [-0.25, -0.2) is 8.42 Å². The number of rotatable bonds is 12. The normalized spacial score (nSPS) is 14.5. The quantitative estimate of drug-likeness (QED) is 0.262. The summed E-state index contributed by atoms with van der Waals surface area (Å²) in [4.78, 5) is 29.5. The molecule has 1 aliphatic rings. The molecule has 0 aliphatic heterocycles. The predicted molar refractivity (Wildman–Crippen MR) is 170 cm³/mol. The zero-order valence-corrected chi connectivity index (χ0v) is 26.5. The van der Waals surface area contributed by atoms with Crippen molar-refractivity contribution >= 4 is 39.1 Å². The fourth-order valence-corrected chi connectivity index (χ4v) is 6.95. The molecule has 0 radical (unpaired) electrons. The maximum absolute atomic E-state index is 14.3. The van der Waals surface area contributed by atoms with E-state index in [-0.39, 0.29) is 23.4 Å². The van der Waals surface area contributed by atoms with Crippen molar-refractivity contribution in [1.29, 1.82) is 0 Å². The number of benzene rings is 3. The first-order valence-corrected chi connectivity index (χ1v) is 16.5. The number of nitrogens with one attached hydrogen (secondary N) is 1. The maximum atomic E-state index is 14.3. The Morgan fingerprint density at radius 2 is 1.67 bits per heavy atom. The predicted octanol–water partition coefficient (Wildman–Crippen LogP) is 6.11. The highest BCUT2D eigenvalue weighted by Gasteiger charge is 2.34. The lowest BCUT2D eigenvalue weighted by atomic mass is 9.95. The number of carbonyl (C=O) groups excluding carboxylic acids is 2. The molecule has 230 valence electrons. The smallest absolute Gasteiger partial charge is 0.264 e. The number of nitrogens with zero attached hydrogens (tertiary/aromatic N) is 2. The van der Waals surface area contributed by atoms with E-state index in [1.165, 1.54) is 17.0 Å². The molecule has 10 heteroatoms. The van der Waals surface area contributed by atoms with Gasteiger partial charge in [0, 0.05) is 17.6 Å². The molecule has 2 amide bonds. The number of amides is 2. The molecule has 1 unspecified atom stereocenters. The van der Waals surface area contributed by atoms with Gasteiger partial charge in [-0.3, -0.25) is 13.9 Å². The molecule has 1 N–H and O–H groups in total. The number of ether oxygens (including phenoxy) is 1. The van der Waals surface area contributed by atoms with Crippen molar-refractivity contribution in [2.45, 2.75) is 75.9 Å². The fraction of sp³-hybridized carbons (Fsp3) is 0.394. The van der Waals surface area contributed by atoms with Gasteiger partial charge in [0.2, 0.25) is 11.8 Å². The third-order valence-corrected chi connectivity index (χ3v) is 9.87. The Bertz CT molecular complexity index is 1490. The first-order chi connectivity index (χ1) is 20.6. The average molecular weight is 626 g/mol. The summed E-state index contributed by atoms with van der Waals surface area (Å²) < 4.78 is 34.5. The monoisotopic (exact) mass is 625 g/mol. The van der Waals surface area contributed by atoms with Gasteiger partial charge >= 0.3 is 0 Å². The van der Waals surface area contributed by atoms with Crippen LogP contribution in [-0.4, -0.2) is 50.9 Å². The van der Waals surface area contributed by atoms with Gasteiger partial charge in [-0.15, -0.1) is 0 Å². The highest BCUT2D eigenvalue weighted by Crippen LogP contribution is 2.27. The number of anilines is 1. The first-order valence-electron chi connectivity index (χ1n) is 14.7. The number of sulfonamides is 1. The molecule has 43 heavy (non-hydrogen) atoms. The summed E-state index contributed by atoms with van der Waals surface area (Å²) in [6.45, 7) is 3.33. The summed E-state index contributed by atoms with van der Waals surface area (Å²) in [7, 11) is -2.59. The molecule has 0 spiro atoms. The average Bonchev–Trinajstić information content (AvgIpc) is 3.01. The van der Waals surface area contributed by atoms with Crippen molar-refractivity contribution in [3.8, 4) is 5.75 Å². The van der Waals surface area contributed by atoms with Crippen molar-refractivity contribution in [2.24, 2.45) is 0 Å². The number of hydrogen-bond acceptors (Lipinski definition) is 5. The van der Waals surface area contributed by atoms with Crippen LogP contribution in [-0.2, 0) is 26.2 Å². The number of hydrogen-bond donors (Lipinski definition) is 1. The molecular weight excluding hydrogens is 586 g/mol. The zero-order chi connectivity index (χ0) is 31.0. The Morgan fingerprint density at radius 1 is 1.00 bits per heavy atom. The Labute approximate surface area is 260 Å². The van der Waals surface area contributed by atoms with Gasteiger partial charge in [0.15, 0.2) is 0 Å². The maximum Gasteiger partial charge on any atom is 0.264 e. The minimum atomic E-state index is -4.15. The molecule has 0 heterocycles. The van der Waals surface area contributed by atoms with Gasteiger partial charge in [-0.1, -0.05) is 67.6 Å². The highest BCUT2D eigenvalue weighted by molar-refractivity contribution is 7.92. The lowest BCUT2D eigenvalue weighted by Crippen LogP contribution is -2.54. The lowest BCUT2D eigenvalue weighted by Gasteiger charge is -2.34. The van der Waals surface area contributed by atoms with Crippen LogP contribution >= 0.6 is 11.6 Å². The molecule has 4 rings (SSSR count). The molecule has 1 aliphatic carbocycles. The minimum absolute atomic E-state index is 0.0577.